The maximum Gasteiger partial charge on any atom is 0.451 e. The Morgan fingerprint density at radius 3 is 2.50 bits per heavy atom. The van der Waals surface area contributed by atoms with Gasteiger partial charge in [0.25, 0.3) is 0 Å². The van der Waals surface area contributed by atoms with Crippen molar-refractivity contribution >= 4 is 62.3 Å². The molecule has 0 aliphatic carbocycles. The number of hydrogen-bond acceptors (Lipinski definition) is 6. The van der Waals surface area contributed by atoms with E-state index in [-0.39, 0.29) is 29.7 Å². The molecule has 0 saturated carbocycles. The highest BCUT2D eigenvalue weighted by atomic mass is 35.5. The summed E-state index contributed by atoms with van der Waals surface area (Å²) in [6.45, 7) is -0.937. The van der Waals surface area contributed by atoms with E-state index in [0.29, 0.717) is 10.6 Å². The van der Waals surface area contributed by atoms with Crippen LogP contribution in [0.25, 0.3) is 0 Å². The van der Waals surface area contributed by atoms with Crippen LogP contribution in [0.4, 0.5) is 18.4 Å². The van der Waals surface area contributed by atoms with Gasteiger partial charge >= 0.3 is 21.4 Å². The van der Waals surface area contributed by atoms with Crippen LogP contribution in [-0.2, 0) is 26.4 Å². The Labute approximate surface area is 195 Å². The zero-order valence-corrected chi connectivity index (χ0v) is 19.2. The Morgan fingerprint density at radius 2 is 1.91 bits per heavy atom. The average molecular weight is 530 g/mol. The van der Waals surface area contributed by atoms with Crippen LogP contribution in [0.1, 0.15) is 4.88 Å². The van der Waals surface area contributed by atoms with Crippen molar-refractivity contribution in [3.05, 3.63) is 50.6 Å². The number of amides is 2. The number of hydrogen-bond donors (Lipinski definition) is 1. The lowest BCUT2D eigenvalue weighted by Crippen LogP contribution is -2.62. The summed E-state index contributed by atoms with van der Waals surface area (Å²) < 4.78 is 62.1. The Hall–Kier alpha value is -2.02. The predicted octanol–water partition coefficient (Wildman–Crippen LogP) is 3.28. The molecule has 1 aliphatic rings. The molecular weight excluding hydrogens is 514 g/mol. The molecule has 32 heavy (non-hydrogen) atoms. The van der Waals surface area contributed by atoms with Crippen LogP contribution < -0.4 is 10.2 Å². The highest BCUT2D eigenvalue weighted by Crippen LogP contribution is 2.31. The van der Waals surface area contributed by atoms with Gasteiger partial charge in [-0.15, -0.1) is 11.3 Å². The van der Waals surface area contributed by atoms with E-state index in [0.717, 1.165) is 4.88 Å². The van der Waals surface area contributed by atoms with Gasteiger partial charge in [0.2, 0.25) is 5.91 Å². The zero-order chi connectivity index (χ0) is 23.7. The summed E-state index contributed by atoms with van der Waals surface area (Å²) in [7, 11) is -6.47. The molecule has 1 fully saturated rings. The molecule has 1 saturated heterocycles. The summed E-state index contributed by atoms with van der Waals surface area (Å²) in [6, 6.07) is 6.91. The highest BCUT2D eigenvalue weighted by molar-refractivity contribution is 7.88. The van der Waals surface area contributed by atoms with E-state index in [1.807, 2.05) is 5.38 Å². The Morgan fingerprint density at radius 1 is 1.19 bits per heavy atom. The molecule has 1 aromatic carbocycles. The molecule has 2 amide bonds. The lowest BCUT2D eigenvalue weighted by molar-refractivity contribution is -0.148. The second kappa shape index (κ2) is 9.46. The fourth-order valence-electron chi connectivity index (χ4n) is 3.16. The third kappa shape index (κ3) is 5.13. The minimum Gasteiger partial charge on any atom is -0.356 e. The van der Waals surface area contributed by atoms with Crippen molar-refractivity contribution in [3.8, 4) is 0 Å². The fourth-order valence-corrected chi connectivity index (χ4v) is 4.43. The molecule has 0 radical (unpaired) electrons. The van der Waals surface area contributed by atoms with E-state index in [1.165, 1.54) is 28.4 Å². The number of piperazine rings is 1. The maximum absolute atomic E-state index is 13.8. The molecule has 0 spiro atoms. The van der Waals surface area contributed by atoms with Crippen LogP contribution in [0.2, 0.25) is 10.0 Å². The molecule has 1 atom stereocenters. The molecule has 0 unspecified atom stereocenters. The molecule has 2 heterocycles. The van der Waals surface area contributed by atoms with E-state index in [1.54, 1.807) is 18.2 Å². The quantitative estimate of drug-likeness (QED) is 0.580. The predicted molar refractivity (Wildman–Crippen MR) is 115 cm³/mol. The highest BCUT2D eigenvalue weighted by Gasteiger charge is 2.56. The number of carbonyl (C=O) groups excluding carboxylic acids is 2. The Bertz CT molecular complexity index is 1120. The zero-order valence-electron chi connectivity index (χ0n) is 16.1. The van der Waals surface area contributed by atoms with Gasteiger partial charge in [-0.3, -0.25) is 9.59 Å². The number of rotatable bonds is 6. The number of nitrogens with one attached hydrogen (secondary N) is 1. The molecule has 174 valence electrons. The van der Waals surface area contributed by atoms with Gasteiger partial charge in [0.05, 0.1) is 23.1 Å². The van der Waals surface area contributed by atoms with Gasteiger partial charge in [-0.25, -0.2) is 0 Å². The van der Waals surface area contributed by atoms with E-state index in [2.05, 4.69) is 5.32 Å². The third-order valence-electron chi connectivity index (χ3n) is 4.78. The third-order valence-corrected chi connectivity index (χ3v) is 7.18. The molecule has 2 aromatic rings. The number of carbonyl (C=O) groups is 2. The first-order valence-corrected chi connectivity index (χ1v) is 12.1. The molecule has 1 N–H and O–H groups in total. The van der Waals surface area contributed by atoms with Crippen molar-refractivity contribution in [1.82, 2.24) is 10.2 Å². The number of nitrogens with zero attached hydrogens (tertiary/aromatic N) is 2. The molecular formula is C18H16Cl2F3N3O4S2. The summed E-state index contributed by atoms with van der Waals surface area (Å²) in [5.41, 5.74) is 0.438. The van der Waals surface area contributed by atoms with Gasteiger partial charge in [0.15, 0.2) is 0 Å². The number of halogens is 5. The SMILES string of the molecule is O=C(NCc1cccs1)[C@@H]1CN(C(=O)C(F)(F)S(=O)(=O)F)CCN1c1ccc(Cl)c(Cl)c1. The maximum atomic E-state index is 13.8. The van der Waals surface area contributed by atoms with Crippen LogP contribution in [0, 0.1) is 0 Å². The molecule has 1 aliphatic heterocycles. The van der Waals surface area contributed by atoms with Gasteiger partial charge in [0, 0.05) is 23.7 Å². The molecule has 14 heteroatoms. The number of thiophene rings is 1. The number of anilines is 1. The smallest absolute Gasteiger partial charge is 0.356 e. The van der Waals surface area contributed by atoms with Crippen LogP contribution in [0.5, 0.6) is 0 Å². The first-order valence-electron chi connectivity index (χ1n) is 9.05. The Kier molecular flexibility index (Phi) is 7.28. The summed E-state index contributed by atoms with van der Waals surface area (Å²) in [6.07, 6.45) is 0. The van der Waals surface area contributed by atoms with Gasteiger partial charge in [0.1, 0.15) is 6.04 Å². The first-order chi connectivity index (χ1) is 14.9. The average Bonchev–Trinajstić information content (AvgIpc) is 3.26. The minimum atomic E-state index is -6.47. The normalized spacial score (nSPS) is 17.3. The van der Waals surface area contributed by atoms with Gasteiger partial charge in [-0.05, 0) is 29.6 Å². The largest absolute Gasteiger partial charge is 0.451 e. The lowest BCUT2D eigenvalue weighted by atomic mass is 10.1. The number of alkyl halides is 2. The van der Waals surface area contributed by atoms with Crippen LogP contribution in [-0.4, -0.2) is 56.1 Å². The molecule has 1 aromatic heterocycles. The van der Waals surface area contributed by atoms with Gasteiger partial charge in [-0.2, -0.15) is 17.2 Å². The summed E-state index contributed by atoms with van der Waals surface area (Å²) in [5.74, 6) is -2.83. The van der Waals surface area contributed by atoms with Crippen molar-refractivity contribution in [2.75, 3.05) is 24.5 Å². The van der Waals surface area contributed by atoms with E-state index in [4.69, 9.17) is 23.2 Å². The summed E-state index contributed by atoms with van der Waals surface area (Å²) in [5, 5.41) is -0.332. The standard InChI is InChI=1S/C18H16Cl2F3N3O4S2/c19-13-4-3-11(8-14(13)20)26-6-5-25(17(28)18(21,22)32(23,29)30)10-15(26)16(27)24-9-12-2-1-7-31-12/h1-4,7-8,15H,5-6,9-10H2,(H,24,27)/t15-/m0/s1. The number of benzene rings is 1. The lowest BCUT2D eigenvalue weighted by Gasteiger charge is -2.42. The van der Waals surface area contributed by atoms with Gasteiger partial charge in [-0.1, -0.05) is 33.2 Å². The minimum absolute atomic E-state index is 0.122. The summed E-state index contributed by atoms with van der Waals surface area (Å²) in [4.78, 5) is 27.8. The topological polar surface area (TPSA) is 86.8 Å². The molecule has 7 nitrogen and oxygen atoms in total. The van der Waals surface area contributed by atoms with E-state index < -0.39 is 39.9 Å². The second-order valence-electron chi connectivity index (χ2n) is 6.81. The fraction of sp³-hybridized carbons (Fsp3) is 0.333. The molecule has 3 rings (SSSR count). The van der Waals surface area contributed by atoms with Crippen molar-refractivity contribution in [3.63, 3.8) is 0 Å². The van der Waals surface area contributed by atoms with Crippen LogP contribution in [0.15, 0.2) is 35.7 Å². The van der Waals surface area contributed by atoms with E-state index in [9.17, 15) is 30.7 Å². The van der Waals surface area contributed by atoms with Crippen molar-refractivity contribution in [1.29, 1.82) is 0 Å². The van der Waals surface area contributed by atoms with Crippen molar-refractivity contribution in [2.24, 2.45) is 0 Å². The second-order valence-corrected chi connectivity index (χ2v) is 10.0. The Balaban J connectivity index is 1.87. The van der Waals surface area contributed by atoms with Crippen LogP contribution in [0.3, 0.4) is 0 Å². The van der Waals surface area contributed by atoms with Crippen molar-refractivity contribution < 1.29 is 30.7 Å². The van der Waals surface area contributed by atoms with Gasteiger partial charge < -0.3 is 15.1 Å². The summed E-state index contributed by atoms with van der Waals surface area (Å²) >= 11 is 13.4. The van der Waals surface area contributed by atoms with E-state index >= 15 is 0 Å². The first kappa shape index (κ1) is 24.6. The monoisotopic (exact) mass is 529 g/mol. The van der Waals surface area contributed by atoms with Crippen LogP contribution >= 0.6 is 34.5 Å². The van der Waals surface area contributed by atoms with Crippen molar-refractivity contribution in [2.45, 2.75) is 17.8 Å². The molecule has 0 bridgehead atoms.